The van der Waals surface area contributed by atoms with E-state index < -0.39 is 11.7 Å². The highest BCUT2D eigenvalue weighted by molar-refractivity contribution is 5.89. The molecule has 20 heavy (non-hydrogen) atoms. The molecule has 0 unspecified atom stereocenters. The molecule has 3 aromatic rings. The SMILES string of the molecule is FC(F)(F)c1cccc(Nc2noc3ccccc23)c1. The van der Waals surface area contributed by atoms with Crippen molar-refractivity contribution in [1.82, 2.24) is 5.16 Å². The number of nitrogens with one attached hydrogen (secondary N) is 1. The van der Waals surface area contributed by atoms with Gasteiger partial charge in [-0.1, -0.05) is 23.4 Å². The Balaban J connectivity index is 1.95. The van der Waals surface area contributed by atoms with Crippen LogP contribution < -0.4 is 5.32 Å². The second-order valence-corrected chi connectivity index (χ2v) is 4.23. The lowest BCUT2D eigenvalue weighted by atomic mass is 10.2. The van der Waals surface area contributed by atoms with Crippen molar-refractivity contribution in [1.29, 1.82) is 0 Å². The number of alkyl halides is 3. The number of halogens is 3. The second kappa shape index (κ2) is 4.56. The molecule has 0 atom stereocenters. The van der Waals surface area contributed by atoms with E-state index in [9.17, 15) is 13.2 Å². The minimum absolute atomic E-state index is 0.305. The molecule has 1 N–H and O–H groups in total. The zero-order valence-electron chi connectivity index (χ0n) is 10.1. The fourth-order valence-electron chi connectivity index (χ4n) is 1.89. The first-order valence-corrected chi connectivity index (χ1v) is 5.83. The van der Waals surface area contributed by atoms with Crippen LogP contribution in [0.25, 0.3) is 11.0 Å². The molecular weight excluding hydrogens is 269 g/mol. The summed E-state index contributed by atoms with van der Waals surface area (Å²) in [6.45, 7) is 0. The second-order valence-electron chi connectivity index (χ2n) is 4.23. The van der Waals surface area contributed by atoms with E-state index in [1.54, 1.807) is 30.3 Å². The first-order chi connectivity index (χ1) is 9.54. The number of hydrogen-bond acceptors (Lipinski definition) is 3. The zero-order chi connectivity index (χ0) is 14.2. The molecule has 0 bridgehead atoms. The first kappa shape index (κ1) is 12.5. The van der Waals surface area contributed by atoms with Crippen LogP contribution in [0.3, 0.4) is 0 Å². The maximum absolute atomic E-state index is 12.6. The van der Waals surface area contributed by atoms with E-state index >= 15 is 0 Å². The van der Waals surface area contributed by atoms with E-state index in [1.165, 1.54) is 6.07 Å². The molecule has 1 aromatic heterocycles. The number of rotatable bonds is 2. The summed E-state index contributed by atoms with van der Waals surface area (Å²) < 4.78 is 43.0. The molecule has 102 valence electrons. The molecular formula is C14H9F3N2O. The standard InChI is InChI=1S/C14H9F3N2O/c15-14(16,17)9-4-3-5-10(8-9)18-13-11-6-1-2-7-12(11)20-19-13/h1-8H,(H,18,19). The minimum atomic E-state index is -4.37. The van der Waals surface area contributed by atoms with E-state index in [4.69, 9.17) is 4.52 Å². The van der Waals surface area contributed by atoms with Gasteiger partial charge in [0.15, 0.2) is 11.4 Å². The lowest BCUT2D eigenvalue weighted by Gasteiger charge is -2.09. The van der Waals surface area contributed by atoms with Crippen molar-refractivity contribution in [2.45, 2.75) is 6.18 Å². The highest BCUT2D eigenvalue weighted by Crippen LogP contribution is 2.32. The third-order valence-corrected chi connectivity index (χ3v) is 2.83. The third-order valence-electron chi connectivity index (χ3n) is 2.83. The van der Waals surface area contributed by atoms with Gasteiger partial charge in [0.1, 0.15) is 0 Å². The van der Waals surface area contributed by atoms with Crippen LogP contribution in [0.15, 0.2) is 53.1 Å². The first-order valence-electron chi connectivity index (χ1n) is 5.83. The average molecular weight is 278 g/mol. The summed E-state index contributed by atoms with van der Waals surface area (Å²) in [5.41, 5.74) is 0.163. The summed E-state index contributed by atoms with van der Waals surface area (Å²) in [5, 5.41) is 7.36. The third kappa shape index (κ3) is 2.32. The van der Waals surface area contributed by atoms with Gasteiger partial charge in [0.25, 0.3) is 0 Å². The molecule has 0 aliphatic heterocycles. The minimum Gasteiger partial charge on any atom is -0.354 e. The van der Waals surface area contributed by atoms with Gasteiger partial charge < -0.3 is 9.84 Å². The smallest absolute Gasteiger partial charge is 0.354 e. The molecule has 1 heterocycles. The average Bonchev–Trinajstić information content (AvgIpc) is 2.82. The molecule has 6 heteroatoms. The monoisotopic (exact) mass is 278 g/mol. The predicted octanol–water partition coefficient (Wildman–Crippen LogP) is 4.59. The van der Waals surface area contributed by atoms with Crippen molar-refractivity contribution in [3.63, 3.8) is 0 Å². The van der Waals surface area contributed by atoms with Crippen molar-refractivity contribution < 1.29 is 17.7 Å². The number of fused-ring (bicyclic) bond motifs is 1. The number of nitrogens with zero attached hydrogens (tertiary/aromatic N) is 1. The highest BCUT2D eigenvalue weighted by Gasteiger charge is 2.30. The lowest BCUT2D eigenvalue weighted by Crippen LogP contribution is -2.05. The van der Waals surface area contributed by atoms with Crippen molar-refractivity contribution in [3.8, 4) is 0 Å². The largest absolute Gasteiger partial charge is 0.416 e. The van der Waals surface area contributed by atoms with Crippen LogP contribution in [-0.4, -0.2) is 5.16 Å². The molecule has 0 amide bonds. The van der Waals surface area contributed by atoms with Crippen molar-refractivity contribution in [2.24, 2.45) is 0 Å². The van der Waals surface area contributed by atoms with Gasteiger partial charge in [0, 0.05) is 5.69 Å². The van der Waals surface area contributed by atoms with E-state index in [0.29, 0.717) is 22.5 Å². The number of para-hydroxylation sites is 1. The summed E-state index contributed by atoms with van der Waals surface area (Å²) in [5.74, 6) is 0.389. The molecule has 2 aromatic carbocycles. The Morgan fingerprint density at radius 2 is 1.80 bits per heavy atom. The van der Waals surface area contributed by atoms with Crippen LogP contribution in [0, 0.1) is 0 Å². The normalized spacial score (nSPS) is 11.8. The van der Waals surface area contributed by atoms with Crippen LogP contribution in [0.5, 0.6) is 0 Å². The van der Waals surface area contributed by atoms with Crippen molar-refractivity contribution in [3.05, 3.63) is 54.1 Å². The molecule has 3 nitrogen and oxygen atoms in total. The summed E-state index contributed by atoms with van der Waals surface area (Å²) >= 11 is 0. The van der Waals surface area contributed by atoms with Gasteiger partial charge in [-0.2, -0.15) is 13.2 Å². The summed E-state index contributed by atoms with van der Waals surface area (Å²) in [4.78, 5) is 0. The number of aromatic nitrogens is 1. The van der Waals surface area contributed by atoms with Crippen LogP contribution >= 0.6 is 0 Å². The Hall–Kier alpha value is -2.50. The Morgan fingerprint density at radius 3 is 2.60 bits per heavy atom. The molecule has 0 fully saturated rings. The topological polar surface area (TPSA) is 38.1 Å². The predicted molar refractivity (Wildman–Crippen MR) is 68.7 cm³/mol. The highest BCUT2D eigenvalue weighted by atomic mass is 19.4. The summed E-state index contributed by atoms with van der Waals surface area (Å²) in [6.07, 6.45) is -4.37. The van der Waals surface area contributed by atoms with Crippen LogP contribution in [0.4, 0.5) is 24.7 Å². The van der Waals surface area contributed by atoms with Gasteiger partial charge in [0.05, 0.1) is 10.9 Å². The molecule has 0 saturated heterocycles. The maximum atomic E-state index is 12.6. The van der Waals surface area contributed by atoms with Gasteiger partial charge in [-0.05, 0) is 30.3 Å². The number of anilines is 2. The van der Waals surface area contributed by atoms with Gasteiger partial charge >= 0.3 is 6.18 Å². The van der Waals surface area contributed by atoms with Crippen molar-refractivity contribution >= 4 is 22.5 Å². The van der Waals surface area contributed by atoms with Gasteiger partial charge in [-0.25, -0.2) is 0 Å². The molecule has 0 saturated carbocycles. The van der Waals surface area contributed by atoms with Crippen LogP contribution in [0.1, 0.15) is 5.56 Å². The summed E-state index contributed by atoms with van der Waals surface area (Å²) in [6, 6.07) is 12.0. The van der Waals surface area contributed by atoms with Gasteiger partial charge in [0.2, 0.25) is 0 Å². The molecule has 0 aliphatic carbocycles. The van der Waals surface area contributed by atoms with Crippen LogP contribution in [-0.2, 0) is 6.18 Å². The summed E-state index contributed by atoms with van der Waals surface area (Å²) in [7, 11) is 0. The lowest BCUT2D eigenvalue weighted by molar-refractivity contribution is -0.137. The van der Waals surface area contributed by atoms with Gasteiger partial charge in [-0.3, -0.25) is 0 Å². The Bertz CT molecular complexity index is 749. The zero-order valence-corrected chi connectivity index (χ0v) is 10.1. The number of benzene rings is 2. The van der Waals surface area contributed by atoms with E-state index in [0.717, 1.165) is 12.1 Å². The Morgan fingerprint density at radius 1 is 1.00 bits per heavy atom. The number of hydrogen-bond donors (Lipinski definition) is 1. The Labute approximate surface area is 112 Å². The Kier molecular flexibility index (Phi) is 2.85. The molecule has 0 aliphatic rings. The van der Waals surface area contributed by atoms with Crippen molar-refractivity contribution in [2.75, 3.05) is 5.32 Å². The molecule has 0 spiro atoms. The van der Waals surface area contributed by atoms with E-state index in [1.807, 2.05) is 0 Å². The fraction of sp³-hybridized carbons (Fsp3) is 0.0714. The molecule has 0 radical (unpaired) electrons. The van der Waals surface area contributed by atoms with Crippen LogP contribution in [0.2, 0.25) is 0 Å². The van der Waals surface area contributed by atoms with Gasteiger partial charge in [-0.15, -0.1) is 0 Å². The fourth-order valence-corrected chi connectivity index (χ4v) is 1.89. The van der Waals surface area contributed by atoms with E-state index in [-0.39, 0.29) is 0 Å². The van der Waals surface area contributed by atoms with E-state index in [2.05, 4.69) is 10.5 Å². The molecule has 3 rings (SSSR count). The maximum Gasteiger partial charge on any atom is 0.416 e. The quantitative estimate of drug-likeness (QED) is 0.745.